The van der Waals surface area contributed by atoms with Crippen molar-refractivity contribution in [1.82, 2.24) is 4.31 Å². The van der Waals surface area contributed by atoms with Crippen LogP contribution in [0, 0.1) is 5.92 Å². The molecule has 1 fully saturated rings. The Hall–Kier alpha value is -0.0900. The summed E-state index contributed by atoms with van der Waals surface area (Å²) in [7, 11) is -2.98. The summed E-state index contributed by atoms with van der Waals surface area (Å²) in [6.07, 6.45) is 3.78. The van der Waals surface area contributed by atoms with Crippen LogP contribution >= 0.6 is 0 Å². The number of unbranched alkanes of at least 4 members (excludes halogenated alkanes) is 1. The van der Waals surface area contributed by atoms with Gasteiger partial charge in [0.25, 0.3) is 0 Å². The minimum atomic E-state index is -2.98. The van der Waals surface area contributed by atoms with Gasteiger partial charge in [0.2, 0.25) is 10.0 Å². The maximum Gasteiger partial charge on any atom is 0.214 e. The highest BCUT2D eigenvalue weighted by molar-refractivity contribution is 7.89. The topological polar surface area (TPSA) is 37.4 Å². The second-order valence-corrected chi connectivity index (χ2v) is 6.77. The highest BCUT2D eigenvalue weighted by atomic mass is 32.2. The molecule has 1 aliphatic rings. The summed E-state index contributed by atoms with van der Waals surface area (Å²) in [5, 5.41) is 0. The van der Waals surface area contributed by atoms with Gasteiger partial charge in [0.05, 0.1) is 5.75 Å². The van der Waals surface area contributed by atoms with Crippen LogP contribution in [0.5, 0.6) is 0 Å². The molecule has 3 nitrogen and oxygen atoms in total. The Morgan fingerprint density at radius 1 is 1.40 bits per heavy atom. The smallest absolute Gasteiger partial charge is 0.212 e. The van der Waals surface area contributed by atoms with Gasteiger partial charge in [-0.25, -0.2) is 8.42 Å². The van der Waals surface area contributed by atoms with Crippen molar-refractivity contribution in [3.8, 4) is 0 Å². The molecule has 0 bridgehead atoms. The van der Waals surface area contributed by atoms with Crippen molar-refractivity contribution < 1.29 is 8.42 Å². The molecule has 1 aliphatic heterocycles. The van der Waals surface area contributed by atoms with Gasteiger partial charge in [-0.05, 0) is 25.2 Å². The van der Waals surface area contributed by atoms with Crippen molar-refractivity contribution >= 4 is 10.0 Å². The number of sulfonamides is 1. The third kappa shape index (κ3) is 3.18. The number of hydrogen-bond acceptors (Lipinski definition) is 2. The van der Waals surface area contributed by atoms with E-state index in [1.54, 1.807) is 4.31 Å². The lowest BCUT2D eigenvalue weighted by molar-refractivity contribution is 0.315. The Bertz CT molecular complexity index is 285. The van der Waals surface area contributed by atoms with E-state index in [-0.39, 0.29) is 6.04 Å². The molecule has 0 aromatic carbocycles. The maximum absolute atomic E-state index is 12.0. The molecule has 0 aromatic heterocycles. The quantitative estimate of drug-likeness (QED) is 0.730. The van der Waals surface area contributed by atoms with Crippen LogP contribution in [0.2, 0.25) is 0 Å². The van der Waals surface area contributed by atoms with Crippen LogP contribution in [0.15, 0.2) is 0 Å². The van der Waals surface area contributed by atoms with E-state index in [9.17, 15) is 8.42 Å². The van der Waals surface area contributed by atoms with E-state index in [4.69, 9.17) is 0 Å². The van der Waals surface area contributed by atoms with Gasteiger partial charge in [-0.3, -0.25) is 0 Å². The van der Waals surface area contributed by atoms with Gasteiger partial charge in [0.1, 0.15) is 0 Å². The minimum absolute atomic E-state index is 0.242. The van der Waals surface area contributed by atoms with Gasteiger partial charge in [-0.15, -0.1) is 0 Å². The number of nitrogens with zero attached hydrogens (tertiary/aromatic N) is 1. The minimum Gasteiger partial charge on any atom is -0.212 e. The van der Waals surface area contributed by atoms with E-state index in [1.165, 1.54) is 0 Å². The average molecular weight is 233 g/mol. The molecule has 15 heavy (non-hydrogen) atoms. The fraction of sp³-hybridized carbons (Fsp3) is 1.00. The Balaban J connectivity index is 2.69. The molecule has 1 atom stereocenters. The molecule has 0 aliphatic carbocycles. The van der Waals surface area contributed by atoms with Gasteiger partial charge >= 0.3 is 0 Å². The molecule has 1 rings (SSSR count). The Kier molecular flexibility index (Phi) is 4.59. The van der Waals surface area contributed by atoms with Crippen LogP contribution < -0.4 is 0 Å². The lowest BCUT2D eigenvalue weighted by Crippen LogP contribution is -2.39. The van der Waals surface area contributed by atoms with Gasteiger partial charge in [0.15, 0.2) is 0 Å². The Morgan fingerprint density at radius 2 is 2.07 bits per heavy atom. The summed E-state index contributed by atoms with van der Waals surface area (Å²) in [6.45, 7) is 6.98. The Labute approximate surface area is 93.9 Å². The van der Waals surface area contributed by atoms with E-state index in [1.807, 2.05) is 6.92 Å². The van der Waals surface area contributed by atoms with E-state index < -0.39 is 10.0 Å². The molecule has 90 valence electrons. The van der Waals surface area contributed by atoms with Crippen molar-refractivity contribution in [2.75, 3.05) is 12.3 Å². The lowest BCUT2D eigenvalue weighted by Gasteiger charge is -2.26. The zero-order valence-electron chi connectivity index (χ0n) is 10.1. The molecule has 0 radical (unpaired) electrons. The summed E-state index contributed by atoms with van der Waals surface area (Å²) >= 11 is 0. The van der Waals surface area contributed by atoms with E-state index in [0.29, 0.717) is 11.7 Å². The molecule has 0 N–H and O–H groups in total. The second-order valence-electron chi connectivity index (χ2n) is 4.73. The van der Waals surface area contributed by atoms with Gasteiger partial charge in [0, 0.05) is 12.6 Å². The monoisotopic (exact) mass is 233 g/mol. The molecular formula is C11H23NO2S. The molecule has 4 heteroatoms. The first-order valence-corrected chi connectivity index (χ1v) is 7.59. The molecule has 0 spiro atoms. The normalized spacial score (nSPS) is 23.9. The van der Waals surface area contributed by atoms with Crippen molar-refractivity contribution in [2.24, 2.45) is 5.92 Å². The van der Waals surface area contributed by atoms with Crippen molar-refractivity contribution in [3.63, 3.8) is 0 Å². The molecule has 1 saturated heterocycles. The second kappa shape index (κ2) is 5.30. The standard InChI is InChI=1S/C11H23NO2S/c1-4-5-9-15(13,14)12-8-6-7-11(12)10(2)3/h10-11H,4-9H2,1-3H3. The van der Waals surface area contributed by atoms with E-state index in [0.717, 1.165) is 32.2 Å². The highest BCUT2D eigenvalue weighted by Gasteiger charge is 2.34. The maximum atomic E-state index is 12.0. The third-order valence-electron chi connectivity index (χ3n) is 3.13. The van der Waals surface area contributed by atoms with Crippen molar-refractivity contribution in [2.45, 2.75) is 52.5 Å². The average Bonchev–Trinajstić information content (AvgIpc) is 2.63. The van der Waals surface area contributed by atoms with Gasteiger partial charge in [-0.1, -0.05) is 27.2 Å². The highest BCUT2D eigenvalue weighted by Crippen LogP contribution is 2.27. The van der Waals surface area contributed by atoms with Crippen LogP contribution in [0.4, 0.5) is 0 Å². The molecule has 1 unspecified atom stereocenters. The number of hydrogen-bond donors (Lipinski definition) is 0. The Morgan fingerprint density at radius 3 is 2.60 bits per heavy atom. The molecule has 1 heterocycles. The molecule has 0 aromatic rings. The summed E-state index contributed by atoms with van der Waals surface area (Å²) in [5.74, 6) is 0.760. The molecule has 0 amide bonds. The van der Waals surface area contributed by atoms with Crippen molar-refractivity contribution in [1.29, 1.82) is 0 Å². The summed E-state index contributed by atoms with van der Waals surface area (Å²) in [6, 6.07) is 0.242. The zero-order chi connectivity index (χ0) is 11.5. The largest absolute Gasteiger partial charge is 0.214 e. The summed E-state index contributed by atoms with van der Waals surface area (Å²) < 4.78 is 25.8. The number of rotatable bonds is 5. The van der Waals surface area contributed by atoms with Gasteiger partial charge < -0.3 is 0 Å². The molecular weight excluding hydrogens is 210 g/mol. The predicted molar refractivity (Wildman–Crippen MR) is 63.3 cm³/mol. The van der Waals surface area contributed by atoms with Crippen LogP contribution in [-0.2, 0) is 10.0 Å². The van der Waals surface area contributed by atoms with Gasteiger partial charge in [-0.2, -0.15) is 4.31 Å². The van der Waals surface area contributed by atoms with Crippen LogP contribution in [0.25, 0.3) is 0 Å². The first-order chi connectivity index (χ1) is 6.99. The fourth-order valence-electron chi connectivity index (χ4n) is 2.22. The first-order valence-electron chi connectivity index (χ1n) is 5.98. The summed E-state index contributed by atoms with van der Waals surface area (Å²) in [5.41, 5.74) is 0. The van der Waals surface area contributed by atoms with Crippen LogP contribution in [0.1, 0.15) is 46.5 Å². The van der Waals surface area contributed by atoms with Crippen molar-refractivity contribution in [3.05, 3.63) is 0 Å². The zero-order valence-corrected chi connectivity index (χ0v) is 10.9. The van der Waals surface area contributed by atoms with Crippen LogP contribution in [-0.4, -0.2) is 31.1 Å². The predicted octanol–water partition coefficient (Wildman–Crippen LogP) is 2.24. The lowest BCUT2D eigenvalue weighted by atomic mass is 10.0. The third-order valence-corrected chi connectivity index (χ3v) is 5.10. The van der Waals surface area contributed by atoms with E-state index in [2.05, 4.69) is 13.8 Å². The fourth-order valence-corrected chi connectivity index (χ4v) is 4.28. The molecule has 0 saturated carbocycles. The first kappa shape index (κ1) is 13.0. The van der Waals surface area contributed by atoms with E-state index >= 15 is 0 Å². The summed E-state index contributed by atoms with van der Waals surface area (Å²) in [4.78, 5) is 0. The van der Waals surface area contributed by atoms with Crippen LogP contribution in [0.3, 0.4) is 0 Å². The SMILES string of the molecule is CCCCS(=O)(=O)N1CCCC1C(C)C.